The van der Waals surface area contributed by atoms with E-state index in [1.54, 1.807) is 6.92 Å². The van der Waals surface area contributed by atoms with Gasteiger partial charge in [-0.3, -0.25) is 0 Å². The Hall–Kier alpha value is -0.810. The summed E-state index contributed by atoms with van der Waals surface area (Å²) >= 11 is 0. The lowest BCUT2D eigenvalue weighted by molar-refractivity contribution is 0.0898. The van der Waals surface area contributed by atoms with Gasteiger partial charge in [0.25, 0.3) is 0 Å². The highest BCUT2D eigenvalue weighted by molar-refractivity contribution is 5.74. The molecular weight excluding hydrogens is 172 g/mol. The van der Waals surface area contributed by atoms with Gasteiger partial charge in [0.1, 0.15) is 6.23 Å². The van der Waals surface area contributed by atoms with Crippen molar-refractivity contribution in [2.45, 2.75) is 32.1 Å². The van der Waals surface area contributed by atoms with Gasteiger partial charge in [-0.05, 0) is 19.8 Å². The summed E-state index contributed by atoms with van der Waals surface area (Å²) in [5, 5.41) is 14.1. The lowest BCUT2D eigenvalue weighted by atomic mass is 10.3. The number of aliphatic hydroxyl groups is 1. The van der Waals surface area contributed by atoms with Gasteiger partial charge in [-0.2, -0.15) is 0 Å². The topological polar surface area (TPSA) is 70.6 Å². The van der Waals surface area contributed by atoms with Crippen molar-refractivity contribution in [2.24, 2.45) is 0 Å². The molecule has 0 aromatic rings. The number of ether oxygens (including phenoxy) is 1. The van der Waals surface area contributed by atoms with Gasteiger partial charge in [0.15, 0.2) is 0 Å². The van der Waals surface area contributed by atoms with Crippen molar-refractivity contribution in [2.75, 3.05) is 13.2 Å². The van der Waals surface area contributed by atoms with Crippen molar-refractivity contribution in [1.82, 2.24) is 10.6 Å². The Morgan fingerprint density at radius 2 is 2.54 bits per heavy atom. The highest BCUT2D eigenvalue weighted by Gasteiger charge is 2.17. The molecule has 1 aliphatic rings. The molecule has 3 N–H and O–H groups in total. The second-order valence-electron chi connectivity index (χ2n) is 3.21. The van der Waals surface area contributed by atoms with Crippen LogP contribution < -0.4 is 10.6 Å². The first-order valence-electron chi connectivity index (χ1n) is 4.52. The van der Waals surface area contributed by atoms with E-state index in [-0.39, 0.29) is 18.8 Å². The molecule has 5 nitrogen and oxygen atoms in total. The molecule has 1 rings (SSSR count). The van der Waals surface area contributed by atoms with E-state index in [1.807, 2.05) is 0 Å². The zero-order valence-corrected chi connectivity index (χ0v) is 7.75. The molecule has 1 fully saturated rings. The van der Waals surface area contributed by atoms with Crippen LogP contribution in [-0.4, -0.2) is 36.6 Å². The second kappa shape index (κ2) is 5.04. The van der Waals surface area contributed by atoms with E-state index >= 15 is 0 Å². The number of carbonyl (C=O) groups is 1. The van der Waals surface area contributed by atoms with Gasteiger partial charge in [0.2, 0.25) is 0 Å². The minimum Gasteiger partial charge on any atom is -0.392 e. The Bertz CT molecular complexity index is 167. The molecule has 1 aliphatic heterocycles. The van der Waals surface area contributed by atoms with Crippen LogP contribution in [0.1, 0.15) is 19.8 Å². The fraction of sp³-hybridized carbons (Fsp3) is 0.875. The average molecular weight is 188 g/mol. The Kier molecular flexibility index (Phi) is 3.98. The van der Waals surface area contributed by atoms with Crippen LogP contribution in [0.15, 0.2) is 0 Å². The molecule has 5 heteroatoms. The van der Waals surface area contributed by atoms with Crippen molar-refractivity contribution >= 4 is 6.03 Å². The fourth-order valence-electron chi connectivity index (χ4n) is 1.13. The molecule has 0 aliphatic carbocycles. The Balaban J connectivity index is 2.09. The third-order valence-corrected chi connectivity index (χ3v) is 1.78. The van der Waals surface area contributed by atoms with Gasteiger partial charge >= 0.3 is 6.03 Å². The Morgan fingerprint density at radius 1 is 1.77 bits per heavy atom. The molecule has 13 heavy (non-hydrogen) atoms. The number of nitrogens with one attached hydrogen (secondary N) is 2. The number of hydrogen-bond acceptors (Lipinski definition) is 3. The molecule has 0 bridgehead atoms. The molecule has 0 spiro atoms. The first-order chi connectivity index (χ1) is 6.18. The summed E-state index contributed by atoms with van der Waals surface area (Å²) in [6.45, 7) is 2.59. The molecule has 0 aromatic heterocycles. The summed E-state index contributed by atoms with van der Waals surface area (Å²) in [6.07, 6.45) is 1.17. The summed E-state index contributed by atoms with van der Waals surface area (Å²) in [5.41, 5.74) is 0. The molecule has 2 atom stereocenters. The lowest BCUT2D eigenvalue weighted by Crippen LogP contribution is -2.43. The number of carbonyl (C=O) groups excluding carboxylic acids is 1. The standard InChI is InChI=1S/C8H16N2O3/c1-6(11)5-9-8(12)10-7-3-2-4-13-7/h6-7,11H,2-5H2,1H3,(H2,9,10,12). The Morgan fingerprint density at radius 3 is 3.08 bits per heavy atom. The van der Waals surface area contributed by atoms with Gasteiger partial charge in [-0.25, -0.2) is 4.79 Å². The summed E-state index contributed by atoms with van der Waals surface area (Å²) < 4.78 is 5.20. The van der Waals surface area contributed by atoms with E-state index < -0.39 is 6.10 Å². The molecule has 2 amide bonds. The summed E-state index contributed by atoms with van der Waals surface area (Å²) in [5.74, 6) is 0. The zero-order chi connectivity index (χ0) is 9.68. The van der Waals surface area contributed by atoms with Gasteiger partial charge < -0.3 is 20.5 Å². The maximum absolute atomic E-state index is 11.1. The predicted octanol–water partition coefficient (Wildman–Crippen LogP) is -0.197. The van der Waals surface area contributed by atoms with Crippen molar-refractivity contribution in [3.63, 3.8) is 0 Å². The maximum Gasteiger partial charge on any atom is 0.316 e. The molecule has 0 aromatic carbocycles. The van der Waals surface area contributed by atoms with Crippen molar-refractivity contribution in [1.29, 1.82) is 0 Å². The van der Waals surface area contributed by atoms with Gasteiger partial charge in [-0.1, -0.05) is 0 Å². The molecule has 76 valence electrons. The minimum atomic E-state index is -0.518. The molecule has 0 saturated carbocycles. The van der Waals surface area contributed by atoms with E-state index in [9.17, 15) is 4.79 Å². The van der Waals surface area contributed by atoms with Crippen LogP contribution in [0.3, 0.4) is 0 Å². The monoisotopic (exact) mass is 188 g/mol. The second-order valence-corrected chi connectivity index (χ2v) is 3.21. The SMILES string of the molecule is CC(O)CNC(=O)NC1CCCO1. The number of rotatable bonds is 3. The van der Waals surface area contributed by atoms with E-state index in [0.29, 0.717) is 6.61 Å². The van der Waals surface area contributed by atoms with Crippen LogP contribution in [0.25, 0.3) is 0 Å². The van der Waals surface area contributed by atoms with Crippen LogP contribution in [0.4, 0.5) is 4.79 Å². The van der Waals surface area contributed by atoms with Gasteiger partial charge in [-0.15, -0.1) is 0 Å². The van der Waals surface area contributed by atoms with Crippen LogP contribution in [0, 0.1) is 0 Å². The molecule has 1 heterocycles. The van der Waals surface area contributed by atoms with E-state index in [1.165, 1.54) is 0 Å². The summed E-state index contributed by atoms with van der Waals surface area (Å²) in [7, 11) is 0. The molecule has 0 radical (unpaired) electrons. The first-order valence-corrected chi connectivity index (χ1v) is 4.52. The van der Waals surface area contributed by atoms with Gasteiger partial charge in [0, 0.05) is 13.2 Å². The molecule has 1 saturated heterocycles. The zero-order valence-electron chi connectivity index (χ0n) is 7.75. The van der Waals surface area contributed by atoms with Crippen LogP contribution in [-0.2, 0) is 4.74 Å². The summed E-state index contributed by atoms with van der Waals surface area (Å²) in [4.78, 5) is 11.1. The first kappa shape index (κ1) is 10.3. The largest absolute Gasteiger partial charge is 0.392 e. The van der Waals surface area contributed by atoms with Crippen LogP contribution in [0.5, 0.6) is 0 Å². The van der Waals surface area contributed by atoms with E-state index in [4.69, 9.17) is 9.84 Å². The quantitative estimate of drug-likeness (QED) is 0.574. The Labute approximate surface area is 77.5 Å². The van der Waals surface area contributed by atoms with Gasteiger partial charge in [0.05, 0.1) is 6.10 Å². The number of aliphatic hydroxyl groups excluding tert-OH is 1. The van der Waals surface area contributed by atoms with E-state index in [0.717, 1.165) is 12.8 Å². The predicted molar refractivity (Wildman–Crippen MR) is 47.2 cm³/mol. The average Bonchev–Trinajstić information content (AvgIpc) is 2.53. The highest BCUT2D eigenvalue weighted by atomic mass is 16.5. The summed E-state index contributed by atoms with van der Waals surface area (Å²) in [6, 6.07) is -0.284. The van der Waals surface area contributed by atoms with E-state index in [2.05, 4.69) is 10.6 Å². The smallest absolute Gasteiger partial charge is 0.316 e. The van der Waals surface area contributed by atoms with Crippen LogP contribution >= 0.6 is 0 Å². The number of hydrogen-bond donors (Lipinski definition) is 3. The third-order valence-electron chi connectivity index (χ3n) is 1.78. The highest BCUT2D eigenvalue weighted by Crippen LogP contribution is 2.08. The lowest BCUT2D eigenvalue weighted by Gasteiger charge is -2.13. The normalized spacial score (nSPS) is 24.0. The van der Waals surface area contributed by atoms with Crippen molar-refractivity contribution in [3.05, 3.63) is 0 Å². The van der Waals surface area contributed by atoms with Crippen molar-refractivity contribution < 1.29 is 14.6 Å². The molecular formula is C8H16N2O3. The molecule has 2 unspecified atom stereocenters. The number of urea groups is 1. The van der Waals surface area contributed by atoms with Crippen molar-refractivity contribution in [3.8, 4) is 0 Å². The number of amides is 2. The maximum atomic E-state index is 11.1. The minimum absolute atomic E-state index is 0.158. The fourth-order valence-corrected chi connectivity index (χ4v) is 1.13. The third kappa shape index (κ3) is 4.10. The van der Waals surface area contributed by atoms with Crippen LogP contribution in [0.2, 0.25) is 0 Å².